The molecule has 1 aliphatic carbocycles. The second kappa shape index (κ2) is 6.13. The zero-order chi connectivity index (χ0) is 14.9. The molecular formula is C16H23ClN2O2. The maximum absolute atomic E-state index is 6.16. The summed E-state index contributed by atoms with van der Waals surface area (Å²) < 4.78 is 11.5. The first-order chi connectivity index (χ1) is 10.2. The number of nitrogens with one attached hydrogen (secondary N) is 1. The summed E-state index contributed by atoms with van der Waals surface area (Å²) in [6.45, 7) is 0.811. The third-order valence-corrected chi connectivity index (χ3v) is 5.21. The summed E-state index contributed by atoms with van der Waals surface area (Å²) in [6, 6.07) is 5.74. The van der Waals surface area contributed by atoms with Crippen LogP contribution in [0.25, 0.3) is 0 Å². The Balaban J connectivity index is 1.85. The standard InChI is InChI=1S/C16H23ClN2O2/c1-20-14-4-3-12(17)9-13(14)15(19-18)11-5-8-21-16(10-11)6-2-7-16/h3-4,9,11,15,19H,2,5-8,10,18H2,1H3. The van der Waals surface area contributed by atoms with E-state index in [1.54, 1.807) is 7.11 Å². The van der Waals surface area contributed by atoms with Crippen LogP contribution >= 0.6 is 11.6 Å². The minimum absolute atomic E-state index is 0.0417. The van der Waals surface area contributed by atoms with Crippen molar-refractivity contribution in [1.82, 2.24) is 5.43 Å². The molecule has 1 spiro atoms. The van der Waals surface area contributed by atoms with Gasteiger partial charge in [-0.05, 0) is 56.2 Å². The summed E-state index contributed by atoms with van der Waals surface area (Å²) >= 11 is 6.16. The number of methoxy groups -OCH3 is 1. The van der Waals surface area contributed by atoms with Crippen molar-refractivity contribution in [2.45, 2.75) is 43.7 Å². The number of hydrogen-bond donors (Lipinski definition) is 2. The molecule has 2 atom stereocenters. The molecule has 0 radical (unpaired) electrons. The van der Waals surface area contributed by atoms with Crippen LogP contribution in [0, 0.1) is 5.92 Å². The Morgan fingerprint density at radius 2 is 2.29 bits per heavy atom. The van der Waals surface area contributed by atoms with Crippen molar-refractivity contribution < 1.29 is 9.47 Å². The molecule has 1 aromatic rings. The van der Waals surface area contributed by atoms with E-state index >= 15 is 0 Å². The van der Waals surface area contributed by atoms with E-state index in [4.69, 9.17) is 26.9 Å². The van der Waals surface area contributed by atoms with Gasteiger partial charge in [0.15, 0.2) is 0 Å². The summed E-state index contributed by atoms with van der Waals surface area (Å²) in [5, 5.41) is 0.705. The smallest absolute Gasteiger partial charge is 0.123 e. The van der Waals surface area contributed by atoms with Gasteiger partial charge in [-0.15, -0.1) is 0 Å². The van der Waals surface area contributed by atoms with Crippen molar-refractivity contribution in [2.24, 2.45) is 11.8 Å². The van der Waals surface area contributed by atoms with Gasteiger partial charge in [-0.1, -0.05) is 11.6 Å². The van der Waals surface area contributed by atoms with E-state index in [0.29, 0.717) is 10.9 Å². The van der Waals surface area contributed by atoms with Crippen molar-refractivity contribution in [2.75, 3.05) is 13.7 Å². The number of nitrogens with two attached hydrogens (primary N) is 1. The minimum atomic E-state index is 0.0417. The Hall–Kier alpha value is -0.810. The first-order valence-electron chi connectivity index (χ1n) is 7.61. The first kappa shape index (κ1) is 15.1. The highest BCUT2D eigenvalue weighted by Gasteiger charge is 2.44. The van der Waals surface area contributed by atoms with Gasteiger partial charge in [-0.3, -0.25) is 11.3 Å². The van der Waals surface area contributed by atoms with Crippen LogP contribution in [-0.4, -0.2) is 19.3 Å². The number of hydrazine groups is 1. The van der Waals surface area contributed by atoms with Crippen molar-refractivity contribution >= 4 is 11.6 Å². The lowest BCUT2D eigenvalue weighted by Crippen LogP contribution is -2.48. The third kappa shape index (κ3) is 2.90. The number of rotatable bonds is 4. The fourth-order valence-electron chi connectivity index (χ4n) is 3.70. The molecule has 3 rings (SSSR count). The average Bonchev–Trinajstić information content (AvgIpc) is 2.47. The zero-order valence-electron chi connectivity index (χ0n) is 12.4. The fourth-order valence-corrected chi connectivity index (χ4v) is 3.88. The van der Waals surface area contributed by atoms with Crippen molar-refractivity contribution in [3.8, 4) is 5.75 Å². The van der Waals surface area contributed by atoms with Gasteiger partial charge in [0, 0.05) is 17.2 Å². The molecule has 2 aliphatic rings. The number of benzene rings is 1. The Bertz CT molecular complexity index is 505. The quantitative estimate of drug-likeness (QED) is 0.662. The molecule has 0 amide bonds. The molecule has 1 saturated carbocycles. The second-order valence-corrected chi connectivity index (χ2v) is 6.60. The van der Waals surface area contributed by atoms with Gasteiger partial charge in [-0.2, -0.15) is 0 Å². The van der Waals surface area contributed by atoms with Gasteiger partial charge in [0.2, 0.25) is 0 Å². The fraction of sp³-hybridized carbons (Fsp3) is 0.625. The largest absolute Gasteiger partial charge is 0.496 e. The topological polar surface area (TPSA) is 56.5 Å². The maximum Gasteiger partial charge on any atom is 0.123 e. The van der Waals surface area contributed by atoms with Gasteiger partial charge in [0.1, 0.15) is 5.75 Å². The molecule has 1 saturated heterocycles. The molecule has 1 heterocycles. The zero-order valence-corrected chi connectivity index (χ0v) is 13.2. The molecule has 1 aliphatic heterocycles. The van der Waals surface area contributed by atoms with Crippen molar-refractivity contribution in [1.29, 1.82) is 0 Å². The van der Waals surface area contributed by atoms with Crippen LogP contribution in [0.15, 0.2) is 18.2 Å². The van der Waals surface area contributed by atoms with Crippen LogP contribution in [0.3, 0.4) is 0 Å². The van der Waals surface area contributed by atoms with Crippen molar-refractivity contribution in [3.05, 3.63) is 28.8 Å². The van der Waals surface area contributed by atoms with Crippen LogP contribution in [-0.2, 0) is 4.74 Å². The highest BCUT2D eigenvalue weighted by Crippen LogP contribution is 2.48. The van der Waals surface area contributed by atoms with Crippen molar-refractivity contribution in [3.63, 3.8) is 0 Å². The maximum atomic E-state index is 6.16. The molecular weight excluding hydrogens is 288 g/mol. The van der Waals surface area contributed by atoms with Crippen LogP contribution in [0.1, 0.15) is 43.7 Å². The van der Waals surface area contributed by atoms with Gasteiger partial charge >= 0.3 is 0 Å². The Morgan fingerprint density at radius 1 is 1.48 bits per heavy atom. The molecule has 21 heavy (non-hydrogen) atoms. The van der Waals surface area contributed by atoms with E-state index in [1.165, 1.54) is 19.3 Å². The predicted molar refractivity (Wildman–Crippen MR) is 83.3 cm³/mol. The predicted octanol–water partition coefficient (Wildman–Crippen LogP) is 3.20. The van der Waals surface area contributed by atoms with E-state index in [-0.39, 0.29) is 11.6 Å². The number of ether oxygens (including phenoxy) is 2. The Kier molecular flexibility index (Phi) is 4.41. The van der Waals surface area contributed by atoms with Crippen LogP contribution < -0.4 is 16.0 Å². The molecule has 2 unspecified atom stereocenters. The van der Waals surface area contributed by atoms with E-state index in [9.17, 15) is 0 Å². The summed E-state index contributed by atoms with van der Waals surface area (Å²) in [6.07, 6.45) is 5.68. The van der Waals surface area contributed by atoms with Gasteiger partial charge in [0.25, 0.3) is 0 Å². The lowest BCUT2D eigenvalue weighted by atomic mass is 9.69. The molecule has 1 aromatic carbocycles. The average molecular weight is 311 g/mol. The van der Waals surface area contributed by atoms with Gasteiger partial charge < -0.3 is 9.47 Å². The molecule has 2 fully saturated rings. The molecule has 0 aromatic heterocycles. The highest BCUT2D eigenvalue weighted by atomic mass is 35.5. The molecule has 116 valence electrons. The third-order valence-electron chi connectivity index (χ3n) is 4.97. The summed E-state index contributed by atoms with van der Waals surface area (Å²) in [5.41, 5.74) is 4.12. The highest BCUT2D eigenvalue weighted by molar-refractivity contribution is 6.30. The summed E-state index contributed by atoms with van der Waals surface area (Å²) in [5.74, 6) is 7.14. The lowest BCUT2D eigenvalue weighted by Gasteiger charge is -2.48. The van der Waals surface area contributed by atoms with Crippen LogP contribution in [0.4, 0.5) is 0 Å². The molecule has 4 nitrogen and oxygen atoms in total. The number of hydrogen-bond acceptors (Lipinski definition) is 4. The first-order valence-corrected chi connectivity index (χ1v) is 7.99. The summed E-state index contributed by atoms with van der Waals surface area (Å²) in [4.78, 5) is 0. The van der Waals surface area contributed by atoms with E-state index in [0.717, 1.165) is 30.8 Å². The molecule has 3 N–H and O–H groups in total. The lowest BCUT2D eigenvalue weighted by molar-refractivity contribution is -0.147. The second-order valence-electron chi connectivity index (χ2n) is 6.17. The van der Waals surface area contributed by atoms with E-state index in [2.05, 4.69) is 5.43 Å². The van der Waals surface area contributed by atoms with E-state index in [1.807, 2.05) is 18.2 Å². The Morgan fingerprint density at radius 3 is 2.90 bits per heavy atom. The van der Waals surface area contributed by atoms with Gasteiger partial charge in [0.05, 0.1) is 18.8 Å². The summed E-state index contributed by atoms with van der Waals surface area (Å²) in [7, 11) is 1.68. The van der Waals surface area contributed by atoms with Crippen LogP contribution in [0.2, 0.25) is 5.02 Å². The molecule has 0 bridgehead atoms. The number of halogens is 1. The Labute approximate surface area is 130 Å². The van der Waals surface area contributed by atoms with E-state index < -0.39 is 0 Å². The minimum Gasteiger partial charge on any atom is -0.496 e. The SMILES string of the molecule is COc1ccc(Cl)cc1C(NN)C1CCOC2(CCC2)C1. The monoisotopic (exact) mass is 310 g/mol. The molecule has 5 heteroatoms. The normalized spacial score (nSPS) is 25.4. The van der Waals surface area contributed by atoms with Crippen LogP contribution in [0.5, 0.6) is 5.75 Å². The van der Waals surface area contributed by atoms with Gasteiger partial charge in [-0.25, -0.2) is 0 Å².